The van der Waals surface area contributed by atoms with Crippen LogP contribution in [0, 0.1) is 13.8 Å². The molecule has 1 heterocycles. The quantitative estimate of drug-likeness (QED) is 0.706. The number of nitrogens with one attached hydrogen (secondary N) is 2. The molecule has 1 aromatic carbocycles. The van der Waals surface area contributed by atoms with Crippen molar-refractivity contribution in [1.82, 2.24) is 15.2 Å². The maximum absolute atomic E-state index is 13.3. The van der Waals surface area contributed by atoms with Gasteiger partial charge in [-0.05, 0) is 69.7 Å². The molecule has 29 heavy (non-hydrogen) atoms. The smallest absolute Gasteiger partial charge is 0.271 e. The van der Waals surface area contributed by atoms with Crippen molar-refractivity contribution in [1.29, 1.82) is 0 Å². The highest BCUT2D eigenvalue weighted by Crippen LogP contribution is 2.31. The first-order valence-corrected chi connectivity index (χ1v) is 10.3. The Morgan fingerprint density at radius 3 is 2.24 bits per heavy atom. The molecule has 1 aromatic heterocycles. The van der Waals surface area contributed by atoms with Gasteiger partial charge in [0.2, 0.25) is 0 Å². The van der Waals surface area contributed by atoms with Crippen molar-refractivity contribution in [3.63, 3.8) is 0 Å². The van der Waals surface area contributed by atoms with Gasteiger partial charge in [-0.3, -0.25) is 14.4 Å². The van der Waals surface area contributed by atoms with Gasteiger partial charge in [-0.25, -0.2) is 0 Å². The first kappa shape index (κ1) is 19.4. The Morgan fingerprint density at radius 2 is 1.72 bits per heavy atom. The molecule has 2 amide bonds. The number of carbonyl (C=O) groups excluding carboxylic acids is 3. The van der Waals surface area contributed by atoms with E-state index in [0.29, 0.717) is 29.4 Å². The van der Waals surface area contributed by atoms with Crippen LogP contribution in [0.5, 0.6) is 0 Å². The second kappa shape index (κ2) is 7.50. The molecule has 2 aliphatic carbocycles. The van der Waals surface area contributed by atoms with Crippen LogP contribution in [0.15, 0.2) is 24.3 Å². The third-order valence-electron chi connectivity index (χ3n) is 5.73. The fourth-order valence-corrected chi connectivity index (χ4v) is 3.84. The van der Waals surface area contributed by atoms with Gasteiger partial charge in [0, 0.05) is 35.4 Å². The van der Waals surface area contributed by atoms with Crippen LogP contribution in [0.1, 0.15) is 80.6 Å². The Balaban J connectivity index is 1.51. The van der Waals surface area contributed by atoms with Gasteiger partial charge >= 0.3 is 0 Å². The third-order valence-corrected chi connectivity index (χ3v) is 5.73. The lowest BCUT2D eigenvalue weighted by Gasteiger charge is -2.22. The predicted octanol–water partition coefficient (Wildman–Crippen LogP) is 3.53. The molecule has 0 atom stereocenters. The summed E-state index contributed by atoms with van der Waals surface area (Å²) in [6, 6.07) is 8.03. The molecule has 0 spiro atoms. The summed E-state index contributed by atoms with van der Waals surface area (Å²) in [5.41, 5.74) is 4.20. The van der Waals surface area contributed by atoms with E-state index < -0.39 is 0 Å². The summed E-state index contributed by atoms with van der Waals surface area (Å²) in [5, 5.41) is 2.99. The number of aryl methyl sites for hydroxylation is 1. The van der Waals surface area contributed by atoms with Crippen molar-refractivity contribution in [2.45, 2.75) is 65.1 Å². The van der Waals surface area contributed by atoms with E-state index >= 15 is 0 Å². The van der Waals surface area contributed by atoms with Crippen molar-refractivity contribution < 1.29 is 14.4 Å². The minimum absolute atomic E-state index is 0.0339. The second-order valence-electron chi connectivity index (χ2n) is 8.29. The van der Waals surface area contributed by atoms with Crippen LogP contribution < -0.4 is 5.32 Å². The zero-order valence-electron chi connectivity index (χ0n) is 17.2. The summed E-state index contributed by atoms with van der Waals surface area (Å²) in [4.78, 5) is 42.3. The van der Waals surface area contributed by atoms with Crippen LogP contribution in [0.25, 0.3) is 0 Å². The van der Waals surface area contributed by atoms with Crippen LogP contribution >= 0.6 is 0 Å². The number of hydrogen-bond donors (Lipinski definition) is 2. The van der Waals surface area contributed by atoms with E-state index in [4.69, 9.17) is 0 Å². The number of amides is 2. The number of ketones is 1. The van der Waals surface area contributed by atoms with Crippen LogP contribution in [0.2, 0.25) is 0 Å². The lowest BCUT2D eigenvalue weighted by atomic mass is 10.1. The van der Waals surface area contributed by atoms with Crippen molar-refractivity contribution in [3.8, 4) is 0 Å². The highest BCUT2D eigenvalue weighted by atomic mass is 16.2. The Kier molecular flexibility index (Phi) is 5.03. The minimum atomic E-state index is -0.0730. The molecule has 0 radical (unpaired) electrons. The normalized spacial score (nSPS) is 15.8. The molecule has 0 bridgehead atoms. The van der Waals surface area contributed by atoms with Crippen molar-refractivity contribution >= 4 is 17.6 Å². The molecule has 6 nitrogen and oxygen atoms in total. The Hall–Kier alpha value is -2.89. The monoisotopic (exact) mass is 393 g/mol. The summed E-state index contributed by atoms with van der Waals surface area (Å²) in [6.07, 6.45) is 4.11. The Bertz CT molecular complexity index is 966. The molecule has 0 unspecified atom stereocenters. The Labute approximate surface area is 170 Å². The molecule has 2 fully saturated rings. The van der Waals surface area contributed by atoms with Gasteiger partial charge in [-0.1, -0.05) is 12.1 Å². The van der Waals surface area contributed by atoms with Gasteiger partial charge in [0.05, 0.1) is 0 Å². The average molecular weight is 393 g/mol. The summed E-state index contributed by atoms with van der Waals surface area (Å²) < 4.78 is 0. The SMILES string of the molecule is CC(=O)c1c(C)[nH]c(C(=O)N(Cc2ccc(C(=O)NC3CC3)cc2)C2CC2)c1C. The molecule has 2 saturated carbocycles. The van der Waals surface area contributed by atoms with E-state index in [1.165, 1.54) is 6.92 Å². The summed E-state index contributed by atoms with van der Waals surface area (Å²) in [7, 11) is 0. The van der Waals surface area contributed by atoms with Crippen molar-refractivity contribution in [2.24, 2.45) is 0 Å². The number of aromatic nitrogens is 1. The highest BCUT2D eigenvalue weighted by molar-refractivity contribution is 6.02. The van der Waals surface area contributed by atoms with E-state index in [9.17, 15) is 14.4 Å². The van der Waals surface area contributed by atoms with Crippen LogP contribution in [-0.2, 0) is 6.54 Å². The van der Waals surface area contributed by atoms with Crippen LogP contribution in [0.3, 0.4) is 0 Å². The standard InChI is InChI=1S/C23H27N3O3/c1-13-20(15(3)27)14(2)24-21(13)23(29)26(19-10-11-19)12-16-4-6-17(7-5-16)22(28)25-18-8-9-18/h4-7,18-19,24H,8-12H2,1-3H3,(H,25,28). The molecule has 0 aliphatic heterocycles. The van der Waals surface area contributed by atoms with Gasteiger partial charge in [0.1, 0.15) is 5.69 Å². The van der Waals surface area contributed by atoms with Crippen molar-refractivity contribution in [2.75, 3.05) is 0 Å². The lowest BCUT2D eigenvalue weighted by molar-refractivity contribution is 0.0723. The number of H-pyrrole nitrogens is 1. The number of benzene rings is 1. The molecule has 6 heteroatoms. The highest BCUT2D eigenvalue weighted by Gasteiger charge is 2.35. The maximum atomic E-state index is 13.3. The second-order valence-corrected chi connectivity index (χ2v) is 8.29. The molecule has 4 rings (SSSR count). The van der Waals surface area contributed by atoms with Gasteiger partial charge < -0.3 is 15.2 Å². The lowest BCUT2D eigenvalue weighted by Crippen LogP contribution is -2.33. The predicted molar refractivity (Wildman–Crippen MR) is 110 cm³/mol. The molecule has 2 aliphatic rings. The summed E-state index contributed by atoms with van der Waals surface area (Å²) in [6.45, 7) is 5.66. The number of nitrogens with zero attached hydrogens (tertiary/aromatic N) is 1. The van der Waals surface area contributed by atoms with Crippen LogP contribution in [-0.4, -0.2) is 39.6 Å². The van der Waals surface area contributed by atoms with Gasteiger partial charge in [0.25, 0.3) is 11.8 Å². The molecule has 152 valence electrons. The zero-order chi connectivity index (χ0) is 20.7. The number of rotatable bonds is 7. The molecule has 2 aromatic rings. The molecule has 2 N–H and O–H groups in total. The number of carbonyl (C=O) groups is 3. The Morgan fingerprint density at radius 1 is 1.07 bits per heavy atom. The summed E-state index contributed by atoms with van der Waals surface area (Å²) >= 11 is 0. The van der Waals surface area contributed by atoms with E-state index in [0.717, 1.165) is 42.5 Å². The largest absolute Gasteiger partial charge is 0.354 e. The molecular weight excluding hydrogens is 366 g/mol. The fraction of sp³-hybridized carbons (Fsp3) is 0.435. The summed E-state index contributed by atoms with van der Waals surface area (Å²) in [5.74, 6) is -0.145. The van der Waals surface area contributed by atoms with E-state index in [1.807, 2.05) is 43.0 Å². The first-order chi connectivity index (χ1) is 13.8. The van der Waals surface area contributed by atoms with E-state index in [1.54, 1.807) is 0 Å². The maximum Gasteiger partial charge on any atom is 0.271 e. The van der Waals surface area contributed by atoms with Gasteiger partial charge in [0.15, 0.2) is 5.78 Å². The first-order valence-electron chi connectivity index (χ1n) is 10.3. The number of aromatic amines is 1. The zero-order valence-corrected chi connectivity index (χ0v) is 17.2. The van der Waals surface area contributed by atoms with Crippen LogP contribution in [0.4, 0.5) is 0 Å². The minimum Gasteiger partial charge on any atom is -0.354 e. The number of hydrogen-bond acceptors (Lipinski definition) is 3. The van der Waals surface area contributed by atoms with Gasteiger partial charge in [-0.15, -0.1) is 0 Å². The van der Waals surface area contributed by atoms with Crippen molar-refractivity contribution in [3.05, 3.63) is 57.9 Å². The van der Waals surface area contributed by atoms with Gasteiger partial charge in [-0.2, -0.15) is 0 Å². The fourth-order valence-electron chi connectivity index (χ4n) is 3.84. The molecule has 0 saturated heterocycles. The van der Waals surface area contributed by atoms with E-state index in [-0.39, 0.29) is 23.6 Å². The molecular formula is C23H27N3O3. The number of Topliss-reactive ketones (excluding diaryl/α,β-unsaturated/α-hetero) is 1. The average Bonchev–Trinajstić information content (AvgIpc) is 3.59. The van der Waals surface area contributed by atoms with E-state index in [2.05, 4.69) is 10.3 Å². The topological polar surface area (TPSA) is 82.3 Å². The third kappa shape index (κ3) is 4.11.